The SMILES string of the molecule is CC(Oc1cccc(-c2nnc3n2CCCCC3)c1)C(=O)Nc1ccc(F)c(Cl)c1. The van der Waals surface area contributed by atoms with Crippen molar-refractivity contribution in [2.24, 2.45) is 0 Å². The van der Waals surface area contributed by atoms with Gasteiger partial charge in [0.1, 0.15) is 17.4 Å². The average Bonchev–Trinajstić information content (AvgIpc) is 2.99. The van der Waals surface area contributed by atoms with Crippen molar-refractivity contribution < 1.29 is 13.9 Å². The molecular weight excluding hydrogens is 407 g/mol. The predicted octanol–water partition coefficient (Wildman–Crippen LogP) is 4.87. The van der Waals surface area contributed by atoms with Gasteiger partial charge in [-0.15, -0.1) is 10.2 Å². The van der Waals surface area contributed by atoms with E-state index in [1.165, 1.54) is 24.6 Å². The van der Waals surface area contributed by atoms with Crippen LogP contribution < -0.4 is 10.1 Å². The zero-order chi connectivity index (χ0) is 21.1. The topological polar surface area (TPSA) is 69.0 Å². The Balaban J connectivity index is 1.47. The molecule has 0 radical (unpaired) electrons. The van der Waals surface area contributed by atoms with Crippen LogP contribution in [0.3, 0.4) is 0 Å². The zero-order valence-electron chi connectivity index (χ0n) is 16.6. The number of ether oxygens (including phenoxy) is 1. The Hall–Kier alpha value is -2.93. The lowest BCUT2D eigenvalue weighted by molar-refractivity contribution is -0.122. The van der Waals surface area contributed by atoms with Crippen LogP contribution in [0.1, 0.15) is 32.0 Å². The second-order valence-corrected chi connectivity index (χ2v) is 7.72. The van der Waals surface area contributed by atoms with Crippen LogP contribution in [0, 0.1) is 5.82 Å². The molecule has 8 heteroatoms. The molecule has 0 fully saturated rings. The Morgan fingerprint density at radius 2 is 2.07 bits per heavy atom. The van der Waals surface area contributed by atoms with Crippen LogP contribution in [0.25, 0.3) is 11.4 Å². The number of aromatic nitrogens is 3. The number of rotatable bonds is 5. The molecule has 0 saturated carbocycles. The third kappa shape index (κ3) is 4.46. The molecule has 0 saturated heterocycles. The van der Waals surface area contributed by atoms with Crippen LogP contribution in [0.4, 0.5) is 10.1 Å². The van der Waals surface area contributed by atoms with E-state index in [1.54, 1.807) is 13.0 Å². The maximum absolute atomic E-state index is 13.3. The predicted molar refractivity (Wildman–Crippen MR) is 113 cm³/mol. The Labute approximate surface area is 179 Å². The first-order chi connectivity index (χ1) is 14.5. The molecule has 0 bridgehead atoms. The molecule has 1 aliphatic heterocycles. The lowest BCUT2D eigenvalue weighted by Crippen LogP contribution is -2.30. The van der Waals surface area contributed by atoms with E-state index in [-0.39, 0.29) is 10.9 Å². The number of nitrogens with zero attached hydrogens (tertiary/aromatic N) is 3. The minimum atomic E-state index is -0.764. The Bertz CT molecular complexity index is 1070. The number of amides is 1. The third-order valence-corrected chi connectivity index (χ3v) is 5.36. The van der Waals surface area contributed by atoms with Crippen LogP contribution >= 0.6 is 11.6 Å². The highest BCUT2D eigenvalue weighted by Gasteiger charge is 2.18. The van der Waals surface area contributed by atoms with Gasteiger partial charge in [0.2, 0.25) is 0 Å². The Kier molecular flexibility index (Phi) is 5.99. The molecule has 2 heterocycles. The number of aryl methyl sites for hydroxylation is 1. The van der Waals surface area contributed by atoms with E-state index in [0.717, 1.165) is 43.0 Å². The van der Waals surface area contributed by atoms with Gasteiger partial charge >= 0.3 is 0 Å². The monoisotopic (exact) mass is 428 g/mol. The molecule has 0 aliphatic carbocycles. The lowest BCUT2D eigenvalue weighted by atomic mass is 10.2. The van der Waals surface area contributed by atoms with Crippen molar-refractivity contribution in [1.29, 1.82) is 0 Å². The highest BCUT2D eigenvalue weighted by molar-refractivity contribution is 6.31. The van der Waals surface area contributed by atoms with E-state index in [0.29, 0.717) is 11.4 Å². The smallest absolute Gasteiger partial charge is 0.265 e. The molecule has 4 rings (SSSR count). The first-order valence-corrected chi connectivity index (χ1v) is 10.3. The fraction of sp³-hybridized carbons (Fsp3) is 0.318. The minimum Gasteiger partial charge on any atom is -0.481 e. The second-order valence-electron chi connectivity index (χ2n) is 7.31. The number of nitrogens with one attached hydrogen (secondary N) is 1. The highest BCUT2D eigenvalue weighted by atomic mass is 35.5. The standard InChI is InChI=1S/C22H22ClFN4O2/c1-14(22(29)25-16-9-10-19(24)18(23)13-16)30-17-7-5-6-15(12-17)21-27-26-20-8-3-2-4-11-28(20)21/h5-7,9-10,12-14H,2-4,8,11H2,1H3,(H,25,29). The van der Waals surface area contributed by atoms with Crippen LogP contribution in [0.2, 0.25) is 5.02 Å². The number of carbonyl (C=O) groups is 1. The molecule has 1 atom stereocenters. The van der Waals surface area contributed by atoms with Gasteiger partial charge in [-0.05, 0) is 50.1 Å². The quantitative estimate of drug-likeness (QED) is 0.629. The number of hydrogen-bond acceptors (Lipinski definition) is 4. The summed E-state index contributed by atoms with van der Waals surface area (Å²) >= 11 is 5.76. The third-order valence-electron chi connectivity index (χ3n) is 5.07. The van der Waals surface area contributed by atoms with Gasteiger partial charge in [0.15, 0.2) is 11.9 Å². The first kappa shape index (κ1) is 20.3. The summed E-state index contributed by atoms with van der Waals surface area (Å²) in [7, 11) is 0. The number of benzene rings is 2. The van der Waals surface area contributed by atoms with E-state index in [1.807, 2.05) is 18.2 Å². The molecule has 3 aromatic rings. The number of carbonyl (C=O) groups excluding carboxylic acids is 1. The summed E-state index contributed by atoms with van der Waals surface area (Å²) in [5.41, 5.74) is 1.30. The van der Waals surface area contributed by atoms with E-state index < -0.39 is 11.9 Å². The second kappa shape index (κ2) is 8.83. The molecule has 6 nitrogen and oxygen atoms in total. The Morgan fingerprint density at radius 3 is 2.90 bits per heavy atom. The molecule has 30 heavy (non-hydrogen) atoms. The molecule has 2 aromatic carbocycles. The maximum atomic E-state index is 13.3. The fourth-order valence-electron chi connectivity index (χ4n) is 3.48. The summed E-state index contributed by atoms with van der Waals surface area (Å²) in [5.74, 6) is 1.48. The lowest BCUT2D eigenvalue weighted by Gasteiger charge is -2.16. The van der Waals surface area contributed by atoms with Gasteiger partial charge in [0.25, 0.3) is 5.91 Å². The summed E-state index contributed by atoms with van der Waals surface area (Å²) in [4.78, 5) is 12.5. The average molecular weight is 429 g/mol. The number of halogens is 2. The Morgan fingerprint density at radius 1 is 1.20 bits per heavy atom. The molecule has 1 unspecified atom stereocenters. The molecule has 156 valence electrons. The summed E-state index contributed by atoms with van der Waals surface area (Å²) in [6, 6.07) is 11.5. The van der Waals surface area contributed by atoms with Gasteiger partial charge in [-0.25, -0.2) is 4.39 Å². The number of anilines is 1. The van der Waals surface area contributed by atoms with Gasteiger partial charge in [-0.1, -0.05) is 30.2 Å². The van der Waals surface area contributed by atoms with Crippen molar-refractivity contribution in [1.82, 2.24) is 14.8 Å². The van der Waals surface area contributed by atoms with Crippen molar-refractivity contribution in [3.05, 3.63) is 59.1 Å². The van der Waals surface area contributed by atoms with Crippen molar-refractivity contribution >= 4 is 23.2 Å². The van der Waals surface area contributed by atoms with E-state index in [4.69, 9.17) is 16.3 Å². The van der Waals surface area contributed by atoms with Crippen LogP contribution in [0.15, 0.2) is 42.5 Å². The van der Waals surface area contributed by atoms with Crippen molar-refractivity contribution in [2.45, 2.75) is 45.3 Å². The van der Waals surface area contributed by atoms with Gasteiger partial charge in [-0.2, -0.15) is 0 Å². The summed E-state index contributed by atoms with van der Waals surface area (Å²) in [6.45, 7) is 2.55. The van der Waals surface area contributed by atoms with Crippen molar-refractivity contribution in [3.8, 4) is 17.1 Å². The van der Waals surface area contributed by atoms with Crippen LogP contribution in [-0.2, 0) is 17.8 Å². The summed E-state index contributed by atoms with van der Waals surface area (Å²) in [6.07, 6.45) is 3.61. The van der Waals surface area contributed by atoms with Crippen molar-refractivity contribution in [3.63, 3.8) is 0 Å². The van der Waals surface area contributed by atoms with E-state index in [2.05, 4.69) is 20.1 Å². The van der Waals surface area contributed by atoms with Crippen molar-refractivity contribution in [2.75, 3.05) is 5.32 Å². The van der Waals surface area contributed by atoms with Crippen LogP contribution in [0.5, 0.6) is 5.75 Å². The molecule has 1 aromatic heterocycles. The number of hydrogen-bond donors (Lipinski definition) is 1. The molecule has 1 amide bonds. The maximum Gasteiger partial charge on any atom is 0.265 e. The largest absolute Gasteiger partial charge is 0.481 e. The van der Waals surface area contributed by atoms with Gasteiger partial charge in [0, 0.05) is 24.2 Å². The molecule has 1 aliphatic rings. The summed E-state index contributed by atoms with van der Waals surface area (Å²) in [5, 5.41) is 11.3. The minimum absolute atomic E-state index is 0.0542. The highest BCUT2D eigenvalue weighted by Crippen LogP contribution is 2.26. The van der Waals surface area contributed by atoms with E-state index >= 15 is 0 Å². The summed E-state index contributed by atoms with van der Waals surface area (Å²) < 4.78 is 21.3. The fourth-order valence-corrected chi connectivity index (χ4v) is 3.66. The van der Waals surface area contributed by atoms with Gasteiger partial charge in [-0.3, -0.25) is 4.79 Å². The van der Waals surface area contributed by atoms with Gasteiger partial charge < -0.3 is 14.6 Å². The first-order valence-electron chi connectivity index (χ1n) is 9.96. The molecule has 1 N–H and O–H groups in total. The number of fused-ring (bicyclic) bond motifs is 1. The normalized spacial score (nSPS) is 14.5. The van der Waals surface area contributed by atoms with E-state index in [9.17, 15) is 9.18 Å². The van der Waals surface area contributed by atoms with Gasteiger partial charge in [0.05, 0.1) is 5.02 Å². The zero-order valence-corrected chi connectivity index (χ0v) is 17.3. The van der Waals surface area contributed by atoms with Crippen LogP contribution in [-0.4, -0.2) is 26.8 Å². The molecule has 0 spiro atoms. The molecular formula is C22H22ClFN4O2.